The van der Waals surface area contributed by atoms with E-state index in [1.165, 1.54) is 13.0 Å². The normalized spacial score (nSPS) is 14.7. The van der Waals surface area contributed by atoms with E-state index >= 15 is 0 Å². The molecule has 0 radical (unpaired) electrons. The van der Waals surface area contributed by atoms with Gasteiger partial charge in [0.2, 0.25) is 6.79 Å². The maximum Gasteiger partial charge on any atom is 0.296 e. The van der Waals surface area contributed by atoms with Gasteiger partial charge in [-0.3, -0.25) is 10.1 Å². The van der Waals surface area contributed by atoms with E-state index in [4.69, 9.17) is 9.47 Å². The quantitative estimate of drug-likeness (QED) is 0.664. The lowest BCUT2D eigenvalue weighted by Gasteiger charge is -2.14. The summed E-state index contributed by atoms with van der Waals surface area (Å²) >= 11 is 0. The second kappa shape index (κ2) is 4.63. The summed E-state index contributed by atoms with van der Waals surface area (Å²) in [5.74, 6) is 0.529. The number of nitrogens with zero attached hydrogens (tertiary/aromatic N) is 1. The van der Waals surface area contributed by atoms with Crippen molar-refractivity contribution in [3.05, 3.63) is 22.2 Å². The summed E-state index contributed by atoms with van der Waals surface area (Å²) < 4.78 is 34.9. The van der Waals surface area contributed by atoms with Crippen LogP contribution < -0.4 is 14.8 Å². The molecule has 0 fully saturated rings. The third-order valence-corrected chi connectivity index (χ3v) is 2.45. The first-order valence-electron chi connectivity index (χ1n) is 5.11. The fourth-order valence-corrected chi connectivity index (χ4v) is 1.51. The summed E-state index contributed by atoms with van der Waals surface area (Å²) in [5, 5.41) is 13.2. The molecule has 18 heavy (non-hydrogen) atoms. The minimum Gasteiger partial charge on any atom is -0.454 e. The van der Waals surface area contributed by atoms with Gasteiger partial charge in [0.25, 0.3) is 12.1 Å². The summed E-state index contributed by atoms with van der Waals surface area (Å²) in [6.07, 6.45) is -2.63. The molecular weight excluding hydrogens is 250 g/mol. The lowest BCUT2D eigenvalue weighted by molar-refractivity contribution is -0.384. The molecule has 0 bridgehead atoms. The highest BCUT2D eigenvalue weighted by Crippen LogP contribution is 2.40. The van der Waals surface area contributed by atoms with Gasteiger partial charge in [-0.2, -0.15) is 0 Å². The van der Waals surface area contributed by atoms with Crippen LogP contribution in [0.15, 0.2) is 12.1 Å². The molecule has 1 aliphatic rings. The van der Waals surface area contributed by atoms with Crippen LogP contribution in [0.5, 0.6) is 11.5 Å². The molecule has 0 aliphatic carbocycles. The zero-order valence-corrected chi connectivity index (χ0v) is 9.35. The molecule has 98 valence electrons. The van der Waals surface area contributed by atoms with Crippen molar-refractivity contribution in [3.8, 4) is 11.5 Å². The molecule has 1 aliphatic heterocycles. The molecule has 0 aromatic heterocycles. The number of alkyl halides is 2. The van der Waals surface area contributed by atoms with Crippen molar-refractivity contribution in [2.75, 3.05) is 12.1 Å². The molecule has 1 aromatic carbocycles. The summed E-state index contributed by atoms with van der Waals surface area (Å²) in [4.78, 5) is 10.2. The van der Waals surface area contributed by atoms with Crippen molar-refractivity contribution in [1.29, 1.82) is 0 Å². The van der Waals surface area contributed by atoms with Crippen LogP contribution in [0.1, 0.15) is 6.92 Å². The van der Waals surface area contributed by atoms with Crippen LogP contribution in [-0.2, 0) is 0 Å². The lowest BCUT2D eigenvalue weighted by Crippen LogP contribution is -2.24. The number of fused-ring (bicyclic) bond motifs is 1. The van der Waals surface area contributed by atoms with Crippen molar-refractivity contribution in [2.24, 2.45) is 0 Å². The Labute approximate surface area is 101 Å². The Hall–Kier alpha value is -2.12. The molecule has 1 N–H and O–H groups in total. The molecule has 0 saturated heterocycles. The standard InChI is InChI=1S/C10H10F2N2O4/c1-5(10(11)12)13-6-2-8-9(18-4-17-8)3-7(6)14(15)16/h2-3,5,10,13H,4H2,1H3. The number of rotatable bonds is 4. The number of benzene rings is 1. The molecule has 0 saturated carbocycles. The van der Waals surface area contributed by atoms with Crippen LogP contribution in [0.2, 0.25) is 0 Å². The number of hydrogen-bond donors (Lipinski definition) is 1. The van der Waals surface area contributed by atoms with E-state index in [1.54, 1.807) is 0 Å². The summed E-state index contributed by atoms with van der Waals surface area (Å²) in [6, 6.07) is 1.24. The van der Waals surface area contributed by atoms with E-state index in [0.717, 1.165) is 6.07 Å². The Morgan fingerprint density at radius 2 is 2.00 bits per heavy atom. The fraction of sp³-hybridized carbons (Fsp3) is 0.400. The molecule has 1 atom stereocenters. The Kier molecular flexibility index (Phi) is 3.17. The first-order valence-corrected chi connectivity index (χ1v) is 5.11. The molecule has 6 nitrogen and oxygen atoms in total. The number of anilines is 1. The van der Waals surface area contributed by atoms with Gasteiger partial charge in [-0.1, -0.05) is 0 Å². The van der Waals surface area contributed by atoms with Crippen molar-refractivity contribution in [1.82, 2.24) is 0 Å². The topological polar surface area (TPSA) is 73.6 Å². The van der Waals surface area contributed by atoms with Crippen LogP contribution in [0.3, 0.4) is 0 Å². The largest absolute Gasteiger partial charge is 0.454 e. The number of ether oxygens (including phenoxy) is 2. The van der Waals surface area contributed by atoms with E-state index in [9.17, 15) is 18.9 Å². The Morgan fingerprint density at radius 3 is 2.56 bits per heavy atom. The van der Waals surface area contributed by atoms with Gasteiger partial charge in [0, 0.05) is 6.07 Å². The van der Waals surface area contributed by atoms with Gasteiger partial charge in [0.15, 0.2) is 11.5 Å². The summed E-state index contributed by atoms with van der Waals surface area (Å²) in [7, 11) is 0. The summed E-state index contributed by atoms with van der Waals surface area (Å²) in [5.41, 5.74) is -0.344. The monoisotopic (exact) mass is 260 g/mol. The number of nitro benzene ring substituents is 1. The Bertz CT molecular complexity index is 481. The Balaban J connectivity index is 2.35. The molecule has 0 amide bonds. The average Bonchev–Trinajstić information content (AvgIpc) is 2.74. The highest BCUT2D eigenvalue weighted by Gasteiger charge is 2.25. The highest BCUT2D eigenvalue weighted by atomic mass is 19.3. The van der Waals surface area contributed by atoms with Gasteiger partial charge in [0.05, 0.1) is 17.0 Å². The van der Waals surface area contributed by atoms with Gasteiger partial charge >= 0.3 is 0 Å². The zero-order chi connectivity index (χ0) is 13.3. The number of hydrogen-bond acceptors (Lipinski definition) is 5. The van der Waals surface area contributed by atoms with E-state index in [-0.39, 0.29) is 23.9 Å². The van der Waals surface area contributed by atoms with E-state index in [0.29, 0.717) is 5.75 Å². The van der Waals surface area contributed by atoms with Gasteiger partial charge in [-0.05, 0) is 6.92 Å². The first-order chi connectivity index (χ1) is 8.49. The lowest BCUT2D eigenvalue weighted by atomic mass is 10.2. The van der Waals surface area contributed by atoms with Crippen molar-refractivity contribution in [3.63, 3.8) is 0 Å². The van der Waals surface area contributed by atoms with E-state index in [1.807, 2.05) is 0 Å². The highest BCUT2D eigenvalue weighted by molar-refractivity contribution is 5.69. The van der Waals surface area contributed by atoms with Gasteiger partial charge < -0.3 is 14.8 Å². The van der Waals surface area contributed by atoms with Crippen molar-refractivity contribution >= 4 is 11.4 Å². The first kappa shape index (κ1) is 12.3. The average molecular weight is 260 g/mol. The molecule has 8 heteroatoms. The predicted molar refractivity (Wildman–Crippen MR) is 58.3 cm³/mol. The van der Waals surface area contributed by atoms with Crippen LogP contribution in [-0.4, -0.2) is 24.2 Å². The van der Waals surface area contributed by atoms with Gasteiger partial charge in [-0.15, -0.1) is 0 Å². The fourth-order valence-electron chi connectivity index (χ4n) is 1.51. The van der Waals surface area contributed by atoms with Gasteiger partial charge in [-0.25, -0.2) is 8.78 Å². The van der Waals surface area contributed by atoms with Crippen molar-refractivity contribution < 1.29 is 23.2 Å². The third kappa shape index (κ3) is 2.27. The molecule has 1 unspecified atom stereocenters. The SMILES string of the molecule is CC(Nc1cc2c(cc1[N+](=O)[O-])OCO2)C(F)F. The minimum atomic E-state index is -2.63. The number of halogens is 2. The molecular formula is C10H10F2N2O4. The molecule has 1 aromatic rings. The molecule has 0 spiro atoms. The van der Waals surface area contributed by atoms with E-state index < -0.39 is 17.4 Å². The van der Waals surface area contributed by atoms with Crippen LogP contribution in [0.4, 0.5) is 20.2 Å². The van der Waals surface area contributed by atoms with Gasteiger partial charge in [0.1, 0.15) is 5.69 Å². The second-order valence-electron chi connectivity index (χ2n) is 3.75. The minimum absolute atomic E-state index is 0.0166. The number of nitrogens with one attached hydrogen (secondary N) is 1. The molecule has 1 heterocycles. The second-order valence-corrected chi connectivity index (χ2v) is 3.75. The Morgan fingerprint density at radius 1 is 1.39 bits per heavy atom. The number of nitro groups is 1. The van der Waals surface area contributed by atoms with Crippen LogP contribution in [0.25, 0.3) is 0 Å². The smallest absolute Gasteiger partial charge is 0.296 e. The van der Waals surface area contributed by atoms with Crippen LogP contribution in [0, 0.1) is 10.1 Å². The predicted octanol–water partition coefficient (Wildman–Crippen LogP) is 2.39. The maximum absolute atomic E-state index is 12.4. The third-order valence-electron chi connectivity index (χ3n) is 2.45. The van der Waals surface area contributed by atoms with Crippen LogP contribution >= 0.6 is 0 Å². The van der Waals surface area contributed by atoms with Crippen molar-refractivity contribution in [2.45, 2.75) is 19.4 Å². The van der Waals surface area contributed by atoms with E-state index in [2.05, 4.69) is 5.32 Å². The zero-order valence-electron chi connectivity index (χ0n) is 9.35. The molecule has 2 rings (SSSR count). The summed E-state index contributed by atoms with van der Waals surface area (Å²) in [6.45, 7) is 1.19. The maximum atomic E-state index is 12.4.